The van der Waals surface area contributed by atoms with E-state index in [0.717, 1.165) is 17.3 Å². The Morgan fingerprint density at radius 3 is 2.50 bits per heavy atom. The van der Waals surface area contributed by atoms with Gasteiger partial charge in [0.25, 0.3) is 11.6 Å². The van der Waals surface area contributed by atoms with Gasteiger partial charge in [-0.05, 0) is 55.3 Å². The lowest BCUT2D eigenvalue weighted by Crippen LogP contribution is -2.30. The Hall–Kier alpha value is -4.13. The molecule has 180 valence electrons. The fraction of sp³-hybridized carbons (Fsp3) is 0.115. The molecular formula is C26H19ClN4O4S. The Balaban J connectivity index is 1.72. The molecule has 0 bridgehead atoms. The molecule has 36 heavy (non-hydrogen) atoms. The largest absolute Gasteiger partial charge is 0.321 e. The first-order chi connectivity index (χ1) is 17.3. The number of nitro groups is 1. The van der Waals surface area contributed by atoms with Gasteiger partial charge in [0.1, 0.15) is 16.7 Å². The third-order valence-electron chi connectivity index (χ3n) is 5.44. The number of halogens is 1. The minimum Gasteiger partial charge on any atom is -0.321 e. The number of carbonyl (C=O) groups excluding carboxylic acids is 2. The molecule has 10 heteroatoms. The molecule has 1 heterocycles. The van der Waals surface area contributed by atoms with Crippen molar-refractivity contribution < 1.29 is 14.5 Å². The second kappa shape index (κ2) is 10.6. The van der Waals surface area contributed by atoms with E-state index in [9.17, 15) is 25.0 Å². The minimum atomic E-state index is -0.701. The zero-order valence-electron chi connectivity index (χ0n) is 19.0. The van der Waals surface area contributed by atoms with Gasteiger partial charge >= 0.3 is 0 Å². The summed E-state index contributed by atoms with van der Waals surface area (Å²) in [5.41, 5.74) is 2.27. The zero-order chi connectivity index (χ0) is 25.8. The van der Waals surface area contributed by atoms with E-state index >= 15 is 0 Å². The van der Waals surface area contributed by atoms with Gasteiger partial charge in [0.15, 0.2) is 0 Å². The highest BCUT2D eigenvalue weighted by molar-refractivity contribution is 8.05. The van der Waals surface area contributed by atoms with Crippen LogP contribution in [0.5, 0.6) is 0 Å². The molecule has 0 radical (unpaired) electrons. The quantitative estimate of drug-likeness (QED) is 0.196. The Kier molecular flexibility index (Phi) is 7.38. The second-order valence-corrected chi connectivity index (χ2v) is 9.63. The molecule has 8 nitrogen and oxygen atoms in total. The van der Waals surface area contributed by atoms with E-state index < -0.39 is 16.1 Å². The number of thioether (sulfide) groups is 1. The summed E-state index contributed by atoms with van der Waals surface area (Å²) >= 11 is 7.10. The number of hydrogen-bond donors (Lipinski definition) is 1. The lowest BCUT2D eigenvalue weighted by atomic mass is 10.1. The van der Waals surface area contributed by atoms with E-state index in [0.29, 0.717) is 22.0 Å². The van der Waals surface area contributed by atoms with Crippen LogP contribution in [0.25, 0.3) is 0 Å². The third-order valence-corrected chi connectivity index (χ3v) is 6.96. The van der Waals surface area contributed by atoms with Crippen LogP contribution >= 0.6 is 23.4 Å². The van der Waals surface area contributed by atoms with Gasteiger partial charge in [-0.25, -0.2) is 0 Å². The Morgan fingerprint density at radius 1 is 1.17 bits per heavy atom. The van der Waals surface area contributed by atoms with Gasteiger partial charge in [0.05, 0.1) is 10.2 Å². The normalized spacial score (nSPS) is 16.4. The van der Waals surface area contributed by atoms with Crippen molar-refractivity contribution in [1.82, 2.24) is 0 Å². The summed E-state index contributed by atoms with van der Waals surface area (Å²) < 4.78 is 0. The van der Waals surface area contributed by atoms with Gasteiger partial charge in [-0.3, -0.25) is 24.6 Å². The number of aryl methyl sites for hydroxylation is 1. The molecule has 1 atom stereocenters. The second-order valence-electron chi connectivity index (χ2n) is 8.00. The highest BCUT2D eigenvalue weighted by Crippen LogP contribution is 2.42. The van der Waals surface area contributed by atoms with Crippen molar-refractivity contribution >= 4 is 52.2 Å². The molecule has 1 fully saturated rings. The van der Waals surface area contributed by atoms with Crippen LogP contribution in [0, 0.1) is 28.4 Å². The predicted octanol–water partition coefficient (Wildman–Crippen LogP) is 5.62. The van der Waals surface area contributed by atoms with Crippen molar-refractivity contribution in [3.8, 4) is 6.07 Å². The van der Waals surface area contributed by atoms with Crippen LogP contribution < -0.4 is 10.2 Å². The molecule has 3 aromatic carbocycles. The topological polar surface area (TPSA) is 116 Å². The summed E-state index contributed by atoms with van der Waals surface area (Å²) in [6.07, 6.45) is 0.178. The van der Waals surface area contributed by atoms with Crippen LogP contribution in [-0.4, -0.2) is 22.0 Å². The van der Waals surface area contributed by atoms with Crippen LogP contribution in [0.2, 0.25) is 5.02 Å². The number of hydrogen-bond acceptors (Lipinski definition) is 6. The summed E-state index contributed by atoms with van der Waals surface area (Å²) in [4.78, 5) is 38.6. The Morgan fingerprint density at radius 2 is 1.86 bits per heavy atom. The summed E-state index contributed by atoms with van der Waals surface area (Å²) in [6.45, 7) is 1.92. The molecule has 1 N–H and O–H groups in total. The highest BCUT2D eigenvalue weighted by atomic mass is 35.5. The maximum absolute atomic E-state index is 13.5. The minimum absolute atomic E-state index is 0.0801. The van der Waals surface area contributed by atoms with E-state index in [1.807, 2.05) is 25.1 Å². The molecule has 0 unspecified atom stereocenters. The van der Waals surface area contributed by atoms with E-state index in [1.165, 1.54) is 17.0 Å². The smallest absolute Gasteiger partial charge is 0.269 e. The maximum atomic E-state index is 13.5. The highest BCUT2D eigenvalue weighted by Gasteiger charge is 2.41. The van der Waals surface area contributed by atoms with E-state index in [4.69, 9.17) is 11.6 Å². The number of nitrogens with zero attached hydrogens (tertiary/aromatic N) is 3. The van der Waals surface area contributed by atoms with E-state index in [1.54, 1.807) is 48.5 Å². The molecule has 1 aliphatic rings. The number of nitrogens with one attached hydrogen (secondary N) is 1. The first kappa shape index (κ1) is 25.0. The molecule has 1 saturated heterocycles. The fourth-order valence-electron chi connectivity index (χ4n) is 3.65. The van der Waals surface area contributed by atoms with Crippen molar-refractivity contribution in [1.29, 1.82) is 5.26 Å². The lowest BCUT2D eigenvalue weighted by molar-refractivity contribution is -0.384. The summed E-state index contributed by atoms with van der Waals surface area (Å²) in [6, 6.07) is 21.6. The summed E-state index contributed by atoms with van der Waals surface area (Å²) in [5.74, 6) is -0.994. The molecule has 0 aliphatic carbocycles. The fourth-order valence-corrected chi connectivity index (χ4v) is 5.09. The monoisotopic (exact) mass is 518 g/mol. The number of anilines is 2. The Bertz CT molecular complexity index is 1420. The summed E-state index contributed by atoms with van der Waals surface area (Å²) in [7, 11) is 0. The van der Waals surface area contributed by atoms with Crippen molar-refractivity contribution in [2.75, 3.05) is 10.2 Å². The van der Waals surface area contributed by atoms with Crippen molar-refractivity contribution in [3.63, 3.8) is 0 Å². The number of benzene rings is 3. The average molecular weight is 519 g/mol. The number of nitriles is 1. The van der Waals surface area contributed by atoms with Gasteiger partial charge in [0.2, 0.25) is 5.91 Å². The number of non-ortho nitro benzene ring substituents is 1. The number of nitro benzene ring substituents is 1. The third kappa shape index (κ3) is 5.40. The number of rotatable bonds is 6. The molecule has 0 saturated carbocycles. The number of carbonyl (C=O) groups is 2. The number of amides is 2. The van der Waals surface area contributed by atoms with Crippen LogP contribution in [0.15, 0.2) is 83.4 Å². The van der Waals surface area contributed by atoms with Gasteiger partial charge in [-0.2, -0.15) is 5.26 Å². The Labute approximate surface area is 216 Å². The van der Waals surface area contributed by atoms with Crippen LogP contribution in [0.4, 0.5) is 17.1 Å². The van der Waals surface area contributed by atoms with E-state index in [-0.39, 0.29) is 28.6 Å². The molecule has 2 amide bonds. The summed E-state index contributed by atoms with van der Waals surface area (Å²) in [5, 5.41) is 23.8. The first-order valence-electron chi connectivity index (χ1n) is 10.8. The van der Waals surface area contributed by atoms with E-state index in [2.05, 4.69) is 5.32 Å². The van der Waals surface area contributed by atoms with Crippen molar-refractivity contribution in [2.45, 2.75) is 18.6 Å². The molecule has 1 aliphatic heterocycles. The molecule has 0 aromatic heterocycles. The molecule has 0 spiro atoms. The maximum Gasteiger partial charge on any atom is 0.269 e. The zero-order valence-corrected chi connectivity index (χ0v) is 20.5. The van der Waals surface area contributed by atoms with Crippen LogP contribution in [0.3, 0.4) is 0 Å². The lowest BCUT2D eigenvalue weighted by Gasteiger charge is -2.19. The van der Waals surface area contributed by atoms with Gasteiger partial charge in [-0.15, -0.1) is 0 Å². The SMILES string of the molecule is Cc1ccc(NC(=O)/C(C#N)=C2\S[C@H](Cc3cccc([N+](=O)[O-])c3)C(=O)N2c2ccc(Cl)cc2)cc1. The van der Waals surface area contributed by atoms with Gasteiger partial charge < -0.3 is 5.32 Å². The van der Waals surface area contributed by atoms with Crippen LogP contribution in [-0.2, 0) is 16.0 Å². The molecular weight excluding hydrogens is 500 g/mol. The van der Waals surface area contributed by atoms with Gasteiger partial charge in [-0.1, -0.05) is 53.2 Å². The van der Waals surface area contributed by atoms with Crippen molar-refractivity contribution in [3.05, 3.63) is 110 Å². The predicted molar refractivity (Wildman–Crippen MR) is 140 cm³/mol. The van der Waals surface area contributed by atoms with Crippen molar-refractivity contribution in [2.24, 2.45) is 0 Å². The molecule has 3 aromatic rings. The van der Waals surface area contributed by atoms with Gasteiger partial charge in [0, 0.05) is 28.5 Å². The average Bonchev–Trinajstić information content (AvgIpc) is 3.17. The first-order valence-corrected chi connectivity index (χ1v) is 12.0. The molecule has 4 rings (SSSR count). The standard InChI is InChI=1S/C26H19ClN4O4S/c1-16-5-9-19(10-6-16)29-24(32)22(15-28)26-30(20-11-7-18(27)8-12-20)25(33)23(36-26)14-17-3-2-4-21(13-17)31(34)35/h2-13,23H,14H2,1H3,(H,29,32)/b26-22-/t23-/m1/s1. The van der Waals surface area contributed by atoms with Crippen LogP contribution in [0.1, 0.15) is 11.1 Å².